The number of rotatable bonds is 6. The highest BCUT2D eigenvalue weighted by Gasteiger charge is 2.28. The fourth-order valence-electron chi connectivity index (χ4n) is 3.18. The van der Waals surface area contributed by atoms with Crippen LogP contribution in [0, 0.1) is 5.92 Å². The Morgan fingerprint density at radius 3 is 2.31 bits per heavy atom. The quantitative estimate of drug-likeness (QED) is 0.731. The van der Waals surface area contributed by atoms with Gasteiger partial charge in [-0.2, -0.15) is 0 Å². The van der Waals surface area contributed by atoms with Gasteiger partial charge in [-0.1, -0.05) is 41.9 Å². The van der Waals surface area contributed by atoms with Gasteiger partial charge in [-0.15, -0.1) is 0 Å². The van der Waals surface area contributed by atoms with E-state index >= 15 is 0 Å². The Kier molecular flexibility index (Phi) is 7.25. The molecule has 29 heavy (non-hydrogen) atoms. The summed E-state index contributed by atoms with van der Waals surface area (Å²) in [5, 5.41) is 3.26. The van der Waals surface area contributed by atoms with E-state index in [-0.39, 0.29) is 36.9 Å². The highest BCUT2D eigenvalue weighted by atomic mass is 35.5. The Bertz CT molecular complexity index is 847. The summed E-state index contributed by atoms with van der Waals surface area (Å²) in [4.78, 5) is 38.3. The molecule has 0 atom stereocenters. The molecule has 6 nitrogen and oxygen atoms in total. The van der Waals surface area contributed by atoms with Crippen LogP contribution in [0.25, 0.3) is 0 Å². The van der Waals surface area contributed by atoms with Crippen molar-refractivity contribution < 1.29 is 19.1 Å². The van der Waals surface area contributed by atoms with Crippen molar-refractivity contribution in [2.75, 3.05) is 19.6 Å². The van der Waals surface area contributed by atoms with Crippen molar-refractivity contribution in [2.45, 2.75) is 19.4 Å². The molecule has 2 aromatic carbocycles. The van der Waals surface area contributed by atoms with Crippen LogP contribution < -0.4 is 5.32 Å². The molecule has 0 unspecified atom stereocenters. The van der Waals surface area contributed by atoms with Crippen LogP contribution in [0.1, 0.15) is 28.8 Å². The predicted octanol–water partition coefficient (Wildman–Crippen LogP) is 3.69. The van der Waals surface area contributed by atoms with E-state index in [9.17, 15) is 14.4 Å². The molecule has 0 spiro atoms. The van der Waals surface area contributed by atoms with Gasteiger partial charge in [0.1, 0.15) is 6.61 Å². The van der Waals surface area contributed by atoms with Gasteiger partial charge in [0.25, 0.3) is 0 Å². The van der Waals surface area contributed by atoms with Crippen molar-refractivity contribution in [2.24, 2.45) is 5.92 Å². The summed E-state index contributed by atoms with van der Waals surface area (Å²) in [6.07, 6.45) is 0.716. The molecule has 1 saturated heterocycles. The smallest absolute Gasteiger partial charge is 0.410 e. The highest BCUT2D eigenvalue weighted by molar-refractivity contribution is 6.30. The Morgan fingerprint density at radius 2 is 1.66 bits per heavy atom. The molecular weight excluding hydrogens is 392 g/mol. The minimum Gasteiger partial charge on any atom is -0.445 e. The first-order valence-electron chi connectivity index (χ1n) is 9.55. The third kappa shape index (κ3) is 6.06. The van der Waals surface area contributed by atoms with Crippen molar-refractivity contribution in [1.82, 2.24) is 10.2 Å². The normalized spacial score (nSPS) is 14.3. The van der Waals surface area contributed by atoms with Crippen molar-refractivity contribution in [3.63, 3.8) is 0 Å². The molecule has 2 amide bonds. The lowest BCUT2D eigenvalue weighted by molar-refractivity contribution is -0.126. The van der Waals surface area contributed by atoms with Crippen LogP contribution in [0.3, 0.4) is 0 Å². The molecule has 0 bridgehead atoms. The summed E-state index contributed by atoms with van der Waals surface area (Å²) < 4.78 is 5.33. The zero-order chi connectivity index (χ0) is 20.6. The Hall–Kier alpha value is -2.86. The maximum absolute atomic E-state index is 12.4. The average molecular weight is 415 g/mol. The molecule has 0 aromatic heterocycles. The van der Waals surface area contributed by atoms with Crippen molar-refractivity contribution in [1.29, 1.82) is 0 Å². The lowest BCUT2D eigenvalue weighted by atomic mass is 9.96. The topological polar surface area (TPSA) is 75.7 Å². The first-order valence-corrected chi connectivity index (χ1v) is 9.93. The monoisotopic (exact) mass is 414 g/mol. The molecule has 152 valence electrons. The van der Waals surface area contributed by atoms with E-state index in [4.69, 9.17) is 16.3 Å². The number of ketones is 1. The minimum atomic E-state index is -0.370. The fourth-order valence-corrected chi connectivity index (χ4v) is 3.31. The van der Waals surface area contributed by atoms with E-state index in [0.29, 0.717) is 36.5 Å². The summed E-state index contributed by atoms with van der Waals surface area (Å²) in [5.74, 6) is -0.548. The van der Waals surface area contributed by atoms with E-state index in [0.717, 1.165) is 5.56 Å². The standard InChI is InChI=1S/C22H23ClN2O4/c23-19-8-6-17(7-9-19)20(26)14-24-21(27)18-10-12-25(13-11-18)22(28)29-15-16-4-2-1-3-5-16/h1-9,18H,10-15H2,(H,24,27). The molecule has 1 heterocycles. The number of carbonyl (C=O) groups is 3. The van der Waals surface area contributed by atoms with Crippen LogP contribution in [0.5, 0.6) is 0 Å². The summed E-state index contributed by atoms with van der Waals surface area (Å²) in [6, 6.07) is 16.0. The third-order valence-corrected chi connectivity index (χ3v) is 5.17. The second kappa shape index (κ2) is 10.1. The molecule has 0 radical (unpaired) electrons. The number of hydrogen-bond acceptors (Lipinski definition) is 4. The van der Waals surface area contributed by atoms with Gasteiger partial charge in [0.15, 0.2) is 5.78 Å². The number of hydrogen-bond donors (Lipinski definition) is 1. The number of nitrogens with zero attached hydrogens (tertiary/aromatic N) is 1. The number of Topliss-reactive ketones (excluding diaryl/α,β-unsaturated/α-hetero) is 1. The first-order chi connectivity index (χ1) is 14.0. The summed E-state index contributed by atoms with van der Waals surface area (Å²) in [6.45, 7) is 1.08. The predicted molar refractivity (Wildman–Crippen MR) is 110 cm³/mol. The van der Waals surface area contributed by atoms with E-state index in [1.165, 1.54) is 0 Å². The number of halogens is 1. The number of nitrogens with one attached hydrogen (secondary N) is 1. The second-order valence-corrected chi connectivity index (χ2v) is 7.39. The average Bonchev–Trinajstić information content (AvgIpc) is 2.77. The largest absolute Gasteiger partial charge is 0.445 e. The number of piperidine rings is 1. The van der Waals surface area contributed by atoms with Crippen LogP contribution in [0.2, 0.25) is 5.02 Å². The molecule has 1 N–H and O–H groups in total. The maximum Gasteiger partial charge on any atom is 0.410 e. The van der Waals surface area contributed by atoms with E-state index in [1.54, 1.807) is 29.2 Å². The summed E-state index contributed by atoms with van der Waals surface area (Å²) in [5.41, 5.74) is 1.44. The molecule has 2 aromatic rings. The van der Waals surface area contributed by atoms with Crippen LogP contribution in [-0.2, 0) is 16.1 Å². The second-order valence-electron chi connectivity index (χ2n) is 6.95. The van der Waals surface area contributed by atoms with Crippen LogP contribution in [0.15, 0.2) is 54.6 Å². The number of ether oxygens (including phenoxy) is 1. The lowest BCUT2D eigenvalue weighted by Crippen LogP contribution is -2.44. The van der Waals surface area contributed by atoms with Gasteiger partial charge in [0.2, 0.25) is 5.91 Å². The zero-order valence-electron chi connectivity index (χ0n) is 16.0. The van der Waals surface area contributed by atoms with Crippen molar-refractivity contribution >= 4 is 29.4 Å². The molecule has 0 saturated carbocycles. The summed E-state index contributed by atoms with van der Waals surface area (Å²) in [7, 11) is 0. The van der Waals surface area contributed by atoms with Gasteiger partial charge in [-0.05, 0) is 42.7 Å². The number of carbonyl (C=O) groups excluding carboxylic acids is 3. The number of benzene rings is 2. The highest BCUT2D eigenvalue weighted by Crippen LogP contribution is 2.18. The Morgan fingerprint density at radius 1 is 1.00 bits per heavy atom. The minimum absolute atomic E-state index is 0.0558. The molecule has 1 aliphatic heterocycles. The van der Waals surface area contributed by atoms with Crippen LogP contribution >= 0.6 is 11.6 Å². The van der Waals surface area contributed by atoms with Crippen LogP contribution in [0.4, 0.5) is 4.79 Å². The molecule has 1 aliphatic rings. The molecule has 3 rings (SSSR count). The maximum atomic E-state index is 12.4. The van der Waals surface area contributed by atoms with Gasteiger partial charge >= 0.3 is 6.09 Å². The lowest BCUT2D eigenvalue weighted by Gasteiger charge is -2.30. The first kappa shape index (κ1) is 20.9. The van der Waals surface area contributed by atoms with Gasteiger partial charge < -0.3 is 15.0 Å². The van der Waals surface area contributed by atoms with E-state index in [1.807, 2.05) is 30.3 Å². The van der Waals surface area contributed by atoms with E-state index < -0.39 is 0 Å². The van der Waals surface area contributed by atoms with Crippen molar-refractivity contribution in [3.05, 3.63) is 70.7 Å². The van der Waals surface area contributed by atoms with Crippen molar-refractivity contribution in [3.8, 4) is 0 Å². The van der Waals surface area contributed by atoms with Gasteiger partial charge in [0.05, 0.1) is 6.54 Å². The zero-order valence-corrected chi connectivity index (χ0v) is 16.7. The molecule has 7 heteroatoms. The molecule has 0 aliphatic carbocycles. The SMILES string of the molecule is O=C(CNC(=O)C1CCN(C(=O)OCc2ccccc2)CC1)c1ccc(Cl)cc1. The van der Waals surface area contributed by atoms with Gasteiger partial charge in [0, 0.05) is 29.6 Å². The van der Waals surface area contributed by atoms with Crippen LogP contribution in [-0.4, -0.2) is 42.3 Å². The Balaban J connectivity index is 1.39. The third-order valence-electron chi connectivity index (χ3n) is 4.92. The molecular formula is C22H23ClN2O4. The summed E-state index contributed by atoms with van der Waals surface area (Å²) >= 11 is 5.81. The van der Waals surface area contributed by atoms with E-state index in [2.05, 4.69) is 5.32 Å². The Labute approximate surface area is 174 Å². The number of amides is 2. The fraction of sp³-hybridized carbons (Fsp3) is 0.318. The molecule has 1 fully saturated rings. The number of likely N-dealkylation sites (tertiary alicyclic amines) is 1. The van der Waals surface area contributed by atoms with Gasteiger partial charge in [-0.3, -0.25) is 9.59 Å². The van der Waals surface area contributed by atoms with Gasteiger partial charge in [-0.25, -0.2) is 4.79 Å².